The zero-order valence-electron chi connectivity index (χ0n) is 16.7. The zero-order chi connectivity index (χ0) is 21.3. The van der Waals surface area contributed by atoms with Crippen LogP contribution in [0.4, 0.5) is 5.69 Å². The molecule has 30 heavy (non-hydrogen) atoms. The van der Waals surface area contributed by atoms with Gasteiger partial charge in [-0.1, -0.05) is 60.2 Å². The van der Waals surface area contributed by atoms with Gasteiger partial charge in [-0.25, -0.2) is 0 Å². The number of ketones is 1. The van der Waals surface area contributed by atoms with E-state index in [4.69, 9.17) is 4.74 Å². The number of carbonyl (C=O) groups is 2. The highest BCUT2D eigenvalue weighted by Gasteiger charge is 2.47. The normalized spacial score (nSPS) is 17.9. The maximum absolute atomic E-state index is 13.1. The van der Waals surface area contributed by atoms with Crippen molar-refractivity contribution in [1.82, 2.24) is 0 Å². The number of hydrogen-bond donors (Lipinski definition) is 1. The van der Waals surface area contributed by atoms with Gasteiger partial charge in [0.15, 0.2) is 0 Å². The van der Waals surface area contributed by atoms with Gasteiger partial charge in [0.25, 0.3) is 11.7 Å². The van der Waals surface area contributed by atoms with Crippen LogP contribution >= 0.6 is 0 Å². The zero-order valence-corrected chi connectivity index (χ0v) is 16.7. The first-order valence-electron chi connectivity index (χ1n) is 9.59. The Kier molecular flexibility index (Phi) is 5.11. The van der Waals surface area contributed by atoms with E-state index >= 15 is 0 Å². The van der Waals surface area contributed by atoms with E-state index in [1.165, 1.54) is 12.0 Å². The van der Waals surface area contributed by atoms with E-state index in [2.05, 4.69) is 0 Å². The molecule has 0 aromatic heterocycles. The molecule has 150 valence electrons. The average molecular weight is 399 g/mol. The van der Waals surface area contributed by atoms with E-state index in [0.29, 0.717) is 17.0 Å². The number of aryl methyl sites for hydroxylation is 1. The van der Waals surface area contributed by atoms with Crippen LogP contribution in [0.2, 0.25) is 0 Å². The minimum Gasteiger partial charge on any atom is -0.507 e. The van der Waals surface area contributed by atoms with E-state index in [1.54, 1.807) is 36.4 Å². The number of rotatable bonds is 4. The molecule has 0 aliphatic carbocycles. The van der Waals surface area contributed by atoms with Gasteiger partial charge in [0, 0.05) is 5.69 Å². The lowest BCUT2D eigenvalue weighted by Gasteiger charge is -2.25. The van der Waals surface area contributed by atoms with Gasteiger partial charge < -0.3 is 9.84 Å². The maximum Gasteiger partial charge on any atom is 0.300 e. The van der Waals surface area contributed by atoms with Gasteiger partial charge in [0.1, 0.15) is 11.5 Å². The molecule has 1 unspecified atom stereocenters. The van der Waals surface area contributed by atoms with Crippen LogP contribution in [0.15, 0.2) is 84.4 Å². The SMILES string of the molecule is COc1ccc(C)cc1/C(O)=C1\C(=O)C(=O)N(c2ccccc2)C1c1ccccc1. The minimum atomic E-state index is -0.751. The lowest BCUT2D eigenvalue weighted by molar-refractivity contribution is -0.132. The van der Waals surface area contributed by atoms with Crippen molar-refractivity contribution in [3.63, 3.8) is 0 Å². The Balaban J connectivity index is 1.98. The predicted molar refractivity (Wildman–Crippen MR) is 115 cm³/mol. The predicted octanol–water partition coefficient (Wildman–Crippen LogP) is 4.63. The molecule has 1 heterocycles. The molecule has 1 aliphatic rings. The molecule has 0 saturated carbocycles. The van der Waals surface area contributed by atoms with Crippen molar-refractivity contribution in [3.05, 3.63) is 101 Å². The van der Waals surface area contributed by atoms with Gasteiger partial charge >= 0.3 is 0 Å². The number of Topliss-reactive ketones (excluding diaryl/α,β-unsaturated/α-hetero) is 1. The largest absolute Gasteiger partial charge is 0.507 e. The summed E-state index contributed by atoms with van der Waals surface area (Å²) in [5.41, 5.74) is 2.63. The monoisotopic (exact) mass is 399 g/mol. The first-order chi connectivity index (χ1) is 14.5. The molecule has 3 aromatic rings. The number of hydrogen-bond acceptors (Lipinski definition) is 4. The molecular weight excluding hydrogens is 378 g/mol. The fourth-order valence-electron chi connectivity index (χ4n) is 3.79. The van der Waals surface area contributed by atoms with Crippen LogP contribution in [0, 0.1) is 6.92 Å². The number of anilines is 1. The number of para-hydroxylation sites is 1. The third-order valence-electron chi connectivity index (χ3n) is 5.20. The Morgan fingerprint density at radius 3 is 2.20 bits per heavy atom. The van der Waals surface area contributed by atoms with Crippen LogP contribution in [0.3, 0.4) is 0 Å². The summed E-state index contributed by atoms with van der Waals surface area (Å²) in [7, 11) is 1.50. The molecular formula is C25H21NO4. The van der Waals surface area contributed by atoms with Crippen molar-refractivity contribution in [2.24, 2.45) is 0 Å². The minimum absolute atomic E-state index is 0.0407. The molecule has 5 heteroatoms. The van der Waals surface area contributed by atoms with Crippen molar-refractivity contribution in [3.8, 4) is 5.75 Å². The number of carbonyl (C=O) groups excluding carboxylic acids is 2. The van der Waals surface area contributed by atoms with Gasteiger partial charge in [-0.2, -0.15) is 0 Å². The second kappa shape index (κ2) is 7.87. The standard InChI is InChI=1S/C25H21NO4/c1-16-13-14-20(30-2)19(15-16)23(27)21-22(17-9-5-3-6-10-17)26(25(29)24(21)28)18-11-7-4-8-12-18/h3-15,22,27H,1-2H3/b23-21+. The first kappa shape index (κ1) is 19.5. The van der Waals surface area contributed by atoms with Gasteiger partial charge in [-0.15, -0.1) is 0 Å². The van der Waals surface area contributed by atoms with Gasteiger partial charge in [-0.3, -0.25) is 14.5 Å². The second-order valence-electron chi connectivity index (χ2n) is 7.12. The summed E-state index contributed by atoms with van der Waals surface area (Å²) in [4.78, 5) is 27.6. The molecule has 5 nitrogen and oxygen atoms in total. The van der Waals surface area contributed by atoms with Crippen LogP contribution in [0.1, 0.15) is 22.7 Å². The third-order valence-corrected chi connectivity index (χ3v) is 5.20. The van der Waals surface area contributed by atoms with Gasteiger partial charge in [-0.05, 0) is 36.8 Å². The Labute approximate surface area is 174 Å². The summed E-state index contributed by atoms with van der Waals surface area (Å²) in [6, 6.07) is 22.8. The smallest absolute Gasteiger partial charge is 0.300 e. The van der Waals surface area contributed by atoms with Crippen molar-refractivity contribution in [1.29, 1.82) is 0 Å². The highest BCUT2D eigenvalue weighted by Crippen LogP contribution is 2.43. The van der Waals surface area contributed by atoms with E-state index in [0.717, 1.165) is 11.1 Å². The van der Waals surface area contributed by atoms with Crippen molar-refractivity contribution in [2.45, 2.75) is 13.0 Å². The molecule has 3 aromatic carbocycles. The average Bonchev–Trinajstić information content (AvgIpc) is 3.05. The number of aliphatic hydroxyl groups is 1. The number of ether oxygens (including phenoxy) is 1. The topological polar surface area (TPSA) is 66.8 Å². The summed E-state index contributed by atoms with van der Waals surface area (Å²) in [6.45, 7) is 1.88. The van der Waals surface area contributed by atoms with Crippen molar-refractivity contribution in [2.75, 3.05) is 12.0 Å². The van der Waals surface area contributed by atoms with Crippen molar-refractivity contribution >= 4 is 23.1 Å². The molecule has 1 saturated heterocycles. The lowest BCUT2D eigenvalue weighted by atomic mass is 9.94. The summed E-state index contributed by atoms with van der Waals surface area (Å²) in [5, 5.41) is 11.2. The number of nitrogens with zero attached hydrogens (tertiary/aromatic N) is 1. The molecule has 4 rings (SSSR count). The Bertz CT molecular complexity index is 1140. The second-order valence-corrected chi connectivity index (χ2v) is 7.12. The fraction of sp³-hybridized carbons (Fsp3) is 0.120. The number of methoxy groups -OCH3 is 1. The molecule has 1 aliphatic heterocycles. The molecule has 0 radical (unpaired) electrons. The number of benzene rings is 3. The number of amides is 1. The summed E-state index contributed by atoms with van der Waals surface area (Å²) < 4.78 is 5.39. The molecule has 1 atom stereocenters. The van der Waals surface area contributed by atoms with Crippen LogP contribution < -0.4 is 9.64 Å². The van der Waals surface area contributed by atoms with Crippen LogP contribution in [0.5, 0.6) is 5.75 Å². The molecule has 1 amide bonds. The molecule has 1 N–H and O–H groups in total. The summed E-state index contributed by atoms with van der Waals surface area (Å²) in [6.07, 6.45) is 0. The third kappa shape index (κ3) is 3.24. The van der Waals surface area contributed by atoms with Crippen LogP contribution in [-0.4, -0.2) is 23.9 Å². The van der Waals surface area contributed by atoms with E-state index in [-0.39, 0.29) is 11.3 Å². The number of aliphatic hydroxyl groups excluding tert-OH is 1. The van der Waals surface area contributed by atoms with Gasteiger partial charge in [0.2, 0.25) is 0 Å². The van der Waals surface area contributed by atoms with E-state index < -0.39 is 17.7 Å². The quantitative estimate of drug-likeness (QED) is 0.395. The highest BCUT2D eigenvalue weighted by molar-refractivity contribution is 6.51. The van der Waals surface area contributed by atoms with Gasteiger partial charge in [0.05, 0.1) is 24.3 Å². The Hall–Kier alpha value is -3.86. The fourth-order valence-corrected chi connectivity index (χ4v) is 3.79. The Morgan fingerprint density at radius 1 is 0.933 bits per heavy atom. The highest BCUT2D eigenvalue weighted by atomic mass is 16.5. The summed E-state index contributed by atoms with van der Waals surface area (Å²) in [5.74, 6) is -1.23. The van der Waals surface area contributed by atoms with Crippen molar-refractivity contribution < 1.29 is 19.4 Å². The molecule has 1 fully saturated rings. The molecule has 0 spiro atoms. The van der Waals surface area contributed by atoms with Crippen LogP contribution in [0.25, 0.3) is 5.76 Å². The maximum atomic E-state index is 13.1. The van der Waals surface area contributed by atoms with E-state index in [9.17, 15) is 14.7 Å². The Morgan fingerprint density at radius 2 is 1.57 bits per heavy atom. The summed E-state index contributed by atoms with van der Waals surface area (Å²) >= 11 is 0. The lowest BCUT2D eigenvalue weighted by Crippen LogP contribution is -2.29. The first-order valence-corrected chi connectivity index (χ1v) is 9.59. The van der Waals surface area contributed by atoms with Crippen LogP contribution in [-0.2, 0) is 9.59 Å². The van der Waals surface area contributed by atoms with E-state index in [1.807, 2.05) is 49.4 Å². The molecule has 0 bridgehead atoms.